The van der Waals surface area contributed by atoms with E-state index < -0.39 is 0 Å². The lowest BCUT2D eigenvalue weighted by molar-refractivity contribution is -0.114. The number of hydrogen-bond donors (Lipinski definition) is 2. The van der Waals surface area contributed by atoms with Crippen LogP contribution in [0.3, 0.4) is 0 Å². The molecule has 2 amide bonds. The Bertz CT molecular complexity index is 450. The summed E-state index contributed by atoms with van der Waals surface area (Å²) in [4.78, 5) is 22.6. The lowest BCUT2D eigenvalue weighted by Gasteiger charge is -2.17. The van der Waals surface area contributed by atoms with Crippen molar-refractivity contribution in [2.45, 2.75) is 32.4 Å². The van der Waals surface area contributed by atoms with Gasteiger partial charge >= 0.3 is 0 Å². The molecule has 104 valence electrons. The van der Waals surface area contributed by atoms with Crippen LogP contribution in [0, 0.1) is 0 Å². The fourth-order valence-electron chi connectivity index (χ4n) is 1.32. The molecular weight excluding hydrogens is 260 g/mol. The van der Waals surface area contributed by atoms with Gasteiger partial charge in [0.15, 0.2) is 0 Å². The smallest absolute Gasteiger partial charge is 0.234 e. The van der Waals surface area contributed by atoms with Gasteiger partial charge in [-0.1, -0.05) is 20.8 Å². The summed E-state index contributed by atoms with van der Waals surface area (Å²) in [6.45, 7) is 7.69. The number of anilines is 2. The van der Waals surface area contributed by atoms with E-state index in [0.717, 1.165) is 11.4 Å². The van der Waals surface area contributed by atoms with E-state index in [-0.39, 0.29) is 16.6 Å². The second kappa shape index (κ2) is 6.61. The molecule has 5 heteroatoms. The van der Waals surface area contributed by atoms with E-state index in [2.05, 4.69) is 31.4 Å². The fourth-order valence-corrected chi connectivity index (χ4v) is 1.96. The molecule has 0 heterocycles. The first-order valence-corrected chi connectivity index (χ1v) is 7.06. The number of amides is 2. The number of carbonyl (C=O) groups excluding carboxylic acids is 2. The number of nitrogens with one attached hydrogen (secondary N) is 2. The third-order valence-corrected chi connectivity index (χ3v) is 3.40. The van der Waals surface area contributed by atoms with Crippen molar-refractivity contribution in [3.05, 3.63) is 24.3 Å². The molecule has 1 aromatic carbocycles. The zero-order chi connectivity index (χ0) is 14.5. The predicted octanol–water partition coefficient (Wildman–Crippen LogP) is 3.12. The molecule has 0 bridgehead atoms. The topological polar surface area (TPSA) is 58.2 Å². The largest absolute Gasteiger partial charge is 0.326 e. The molecule has 0 fully saturated rings. The number of rotatable bonds is 4. The SMILES string of the molecule is CC(=O)Nc1ccc(NC(=O)CSC(C)(C)C)cc1. The minimum atomic E-state index is -0.113. The summed E-state index contributed by atoms with van der Waals surface area (Å²) < 4.78 is 0.0760. The third-order valence-electron chi connectivity index (χ3n) is 2.13. The summed E-state index contributed by atoms with van der Waals surface area (Å²) >= 11 is 1.60. The Morgan fingerprint density at radius 1 is 1.05 bits per heavy atom. The van der Waals surface area contributed by atoms with Crippen molar-refractivity contribution in [2.24, 2.45) is 0 Å². The van der Waals surface area contributed by atoms with Crippen LogP contribution in [0.1, 0.15) is 27.7 Å². The van der Waals surface area contributed by atoms with E-state index in [1.807, 2.05) is 0 Å². The Morgan fingerprint density at radius 2 is 1.53 bits per heavy atom. The monoisotopic (exact) mass is 280 g/mol. The Balaban J connectivity index is 2.49. The maximum absolute atomic E-state index is 11.7. The molecule has 0 saturated heterocycles. The first-order chi connectivity index (χ1) is 8.76. The molecule has 0 aliphatic carbocycles. The van der Waals surface area contributed by atoms with Crippen molar-refractivity contribution in [2.75, 3.05) is 16.4 Å². The summed E-state index contributed by atoms with van der Waals surface area (Å²) in [6.07, 6.45) is 0. The molecular formula is C14H20N2O2S. The van der Waals surface area contributed by atoms with Gasteiger partial charge in [-0.3, -0.25) is 9.59 Å². The first kappa shape index (κ1) is 15.6. The van der Waals surface area contributed by atoms with Crippen LogP contribution in [0.4, 0.5) is 11.4 Å². The molecule has 0 radical (unpaired) electrons. The molecule has 4 nitrogen and oxygen atoms in total. The van der Waals surface area contributed by atoms with Gasteiger partial charge in [0.25, 0.3) is 0 Å². The van der Waals surface area contributed by atoms with Crippen molar-refractivity contribution >= 4 is 35.0 Å². The molecule has 0 aromatic heterocycles. The molecule has 0 unspecified atom stereocenters. The van der Waals surface area contributed by atoms with Crippen molar-refractivity contribution in [1.82, 2.24) is 0 Å². The van der Waals surface area contributed by atoms with Crippen LogP contribution in [0.25, 0.3) is 0 Å². The minimum Gasteiger partial charge on any atom is -0.326 e. The maximum atomic E-state index is 11.7. The lowest BCUT2D eigenvalue weighted by atomic mass is 10.2. The maximum Gasteiger partial charge on any atom is 0.234 e. The standard InChI is InChI=1S/C14H20N2O2S/c1-10(17)15-11-5-7-12(8-6-11)16-13(18)9-19-14(2,3)4/h5-8H,9H2,1-4H3,(H,15,17)(H,16,18). The van der Waals surface area contributed by atoms with E-state index in [0.29, 0.717) is 5.75 Å². The summed E-state index contributed by atoms with van der Waals surface area (Å²) in [7, 11) is 0. The lowest BCUT2D eigenvalue weighted by Crippen LogP contribution is -2.18. The Morgan fingerprint density at radius 3 is 1.95 bits per heavy atom. The highest BCUT2D eigenvalue weighted by atomic mass is 32.2. The van der Waals surface area contributed by atoms with Gasteiger partial charge in [0.05, 0.1) is 5.75 Å². The van der Waals surface area contributed by atoms with Gasteiger partial charge in [-0.2, -0.15) is 0 Å². The molecule has 2 N–H and O–H groups in total. The first-order valence-electron chi connectivity index (χ1n) is 6.08. The van der Waals surface area contributed by atoms with Crippen molar-refractivity contribution in [1.29, 1.82) is 0 Å². The Kier molecular flexibility index (Phi) is 5.42. The van der Waals surface area contributed by atoms with Gasteiger partial charge in [0, 0.05) is 23.0 Å². The normalized spacial score (nSPS) is 10.9. The Labute approximate surface area is 118 Å². The van der Waals surface area contributed by atoms with Crippen LogP contribution < -0.4 is 10.6 Å². The van der Waals surface area contributed by atoms with E-state index in [4.69, 9.17) is 0 Å². The molecule has 0 aliphatic rings. The highest BCUT2D eigenvalue weighted by Gasteiger charge is 2.13. The van der Waals surface area contributed by atoms with Crippen LogP contribution >= 0.6 is 11.8 Å². The summed E-state index contributed by atoms with van der Waals surface area (Å²) in [5, 5.41) is 5.50. The average Bonchev–Trinajstić information content (AvgIpc) is 2.28. The minimum absolute atomic E-state index is 0.0211. The van der Waals surface area contributed by atoms with Crippen LogP contribution in [0.2, 0.25) is 0 Å². The molecule has 0 aliphatic heterocycles. The second-order valence-corrected chi connectivity index (χ2v) is 7.01. The predicted molar refractivity (Wildman–Crippen MR) is 81.6 cm³/mol. The summed E-state index contributed by atoms with van der Waals surface area (Å²) in [5.41, 5.74) is 1.45. The molecule has 19 heavy (non-hydrogen) atoms. The van der Waals surface area contributed by atoms with E-state index in [9.17, 15) is 9.59 Å². The zero-order valence-corrected chi connectivity index (χ0v) is 12.6. The van der Waals surface area contributed by atoms with E-state index >= 15 is 0 Å². The molecule has 1 rings (SSSR count). The highest BCUT2D eigenvalue weighted by Crippen LogP contribution is 2.23. The number of benzene rings is 1. The molecule has 0 saturated carbocycles. The van der Waals surface area contributed by atoms with Crippen LogP contribution in [0.5, 0.6) is 0 Å². The summed E-state index contributed by atoms with van der Waals surface area (Å²) in [6, 6.07) is 7.05. The van der Waals surface area contributed by atoms with Gasteiger partial charge < -0.3 is 10.6 Å². The van der Waals surface area contributed by atoms with Gasteiger partial charge in [0.2, 0.25) is 11.8 Å². The summed E-state index contributed by atoms with van der Waals surface area (Å²) in [5.74, 6) is 0.294. The average molecular weight is 280 g/mol. The second-order valence-electron chi connectivity index (χ2n) is 5.21. The van der Waals surface area contributed by atoms with Gasteiger partial charge in [-0.05, 0) is 24.3 Å². The van der Waals surface area contributed by atoms with Gasteiger partial charge in [-0.15, -0.1) is 11.8 Å². The van der Waals surface area contributed by atoms with Crippen LogP contribution in [0.15, 0.2) is 24.3 Å². The Hall–Kier alpha value is -1.49. The van der Waals surface area contributed by atoms with Crippen LogP contribution in [-0.4, -0.2) is 22.3 Å². The van der Waals surface area contributed by atoms with Gasteiger partial charge in [0.1, 0.15) is 0 Å². The van der Waals surface area contributed by atoms with Gasteiger partial charge in [-0.25, -0.2) is 0 Å². The number of carbonyl (C=O) groups is 2. The van der Waals surface area contributed by atoms with Crippen molar-refractivity contribution in [3.8, 4) is 0 Å². The molecule has 0 spiro atoms. The van der Waals surface area contributed by atoms with Crippen molar-refractivity contribution in [3.63, 3.8) is 0 Å². The van der Waals surface area contributed by atoms with E-state index in [1.54, 1.807) is 36.0 Å². The van der Waals surface area contributed by atoms with Crippen molar-refractivity contribution < 1.29 is 9.59 Å². The molecule has 0 atom stereocenters. The fraction of sp³-hybridized carbons (Fsp3) is 0.429. The third kappa shape index (κ3) is 6.86. The number of thioether (sulfide) groups is 1. The highest BCUT2D eigenvalue weighted by molar-refractivity contribution is 8.01. The number of hydrogen-bond acceptors (Lipinski definition) is 3. The van der Waals surface area contributed by atoms with E-state index in [1.165, 1.54) is 6.92 Å². The molecule has 1 aromatic rings. The zero-order valence-electron chi connectivity index (χ0n) is 11.7. The van der Waals surface area contributed by atoms with Crippen LogP contribution in [-0.2, 0) is 9.59 Å². The quantitative estimate of drug-likeness (QED) is 0.891.